The maximum absolute atomic E-state index is 10.5. The molecule has 0 aliphatic rings. The minimum absolute atomic E-state index is 0.111. The first-order valence-corrected chi connectivity index (χ1v) is 6.53. The van der Waals surface area contributed by atoms with E-state index in [-0.39, 0.29) is 17.9 Å². The highest BCUT2D eigenvalue weighted by Crippen LogP contribution is 2.06. The van der Waals surface area contributed by atoms with Crippen LogP contribution in [0.15, 0.2) is 38.0 Å². The largest absolute Gasteiger partial charge is 0.478 e. The average molecular weight is 313 g/mol. The summed E-state index contributed by atoms with van der Waals surface area (Å²) in [5.74, 6) is -1.47. The van der Waals surface area contributed by atoms with E-state index in [1.807, 2.05) is 34.6 Å². The first-order chi connectivity index (χ1) is 9.89. The summed E-state index contributed by atoms with van der Waals surface area (Å²) in [6.07, 6.45) is 3.26. The second kappa shape index (κ2) is 13.6. The monoisotopic (exact) mass is 313 g/mol. The van der Waals surface area contributed by atoms with Crippen molar-refractivity contribution < 1.29 is 24.2 Å². The molecule has 0 unspecified atom stereocenters. The number of hydrogen-bond acceptors (Lipinski definition) is 4. The number of rotatable bonds is 4. The van der Waals surface area contributed by atoms with Crippen molar-refractivity contribution in [2.45, 2.75) is 46.3 Å². The number of carboxylic acids is 1. The lowest BCUT2D eigenvalue weighted by molar-refractivity contribution is -0.148. The molecule has 0 fully saturated rings. The Morgan fingerprint density at radius 2 is 1.45 bits per heavy atom. The van der Waals surface area contributed by atoms with E-state index in [9.17, 15) is 14.4 Å². The number of hydrogen-bond donors (Lipinski definition) is 2. The van der Waals surface area contributed by atoms with Gasteiger partial charge in [0, 0.05) is 18.2 Å². The average Bonchev–Trinajstić information content (AvgIpc) is 2.37. The van der Waals surface area contributed by atoms with Gasteiger partial charge in [-0.15, -0.1) is 0 Å². The highest BCUT2D eigenvalue weighted by Gasteiger charge is 2.12. The van der Waals surface area contributed by atoms with Gasteiger partial charge < -0.3 is 15.2 Å². The van der Waals surface area contributed by atoms with Crippen LogP contribution < -0.4 is 5.32 Å². The SMILES string of the molecule is C=CC(=O)NC(C)C.C=CC(=O)O.C=CC(=O)OC(C)(C)C. The summed E-state index contributed by atoms with van der Waals surface area (Å²) in [4.78, 5) is 30.1. The van der Waals surface area contributed by atoms with E-state index < -0.39 is 11.6 Å². The van der Waals surface area contributed by atoms with E-state index in [1.165, 1.54) is 6.08 Å². The maximum Gasteiger partial charge on any atom is 0.330 e. The zero-order chi connectivity index (χ0) is 18.3. The second-order valence-corrected chi connectivity index (χ2v) is 5.15. The summed E-state index contributed by atoms with van der Waals surface area (Å²) in [5.41, 5.74) is -0.398. The molecule has 0 saturated carbocycles. The summed E-state index contributed by atoms with van der Waals surface area (Å²) in [7, 11) is 0. The lowest BCUT2D eigenvalue weighted by Gasteiger charge is -2.17. The van der Waals surface area contributed by atoms with Crippen molar-refractivity contribution >= 4 is 17.8 Å². The fourth-order valence-electron chi connectivity index (χ4n) is 0.687. The van der Waals surface area contributed by atoms with Crippen molar-refractivity contribution in [2.75, 3.05) is 0 Å². The Balaban J connectivity index is -0.000000257. The molecule has 1 amide bonds. The van der Waals surface area contributed by atoms with Crippen LogP contribution in [0.2, 0.25) is 0 Å². The number of carbonyl (C=O) groups is 3. The molecule has 0 aromatic carbocycles. The molecule has 0 aliphatic heterocycles. The van der Waals surface area contributed by atoms with Gasteiger partial charge in [0.1, 0.15) is 5.60 Å². The maximum atomic E-state index is 10.5. The molecule has 0 radical (unpaired) electrons. The Morgan fingerprint density at radius 1 is 1.05 bits per heavy atom. The minimum atomic E-state index is -0.981. The van der Waals surface area contributed by atoms with Gasteiger partial charge in [-0.3, -0.25) is 4.79 Å². The molecule has 6 heteroatoms. The number of nitrogens with one attached hydrogen (secondary N) is 1. The molecular formula is C16H27NO5. The van der Waals surface area contributed by atoms with Gasteiger partial charge in [0.25, 0.3) is 0 Å². The molecular weight excluding hydrogens is 286 g/mol. The molecule has 0 aromatic heterocycles. The molecule has 0 aliphatic carbocycles. The zero-order valence-electron chi connectivity index (χ0n) is 14.0. The van der Waals surface area contributed by atoms with Crippen LogP contribution in [-0.4, -0.2) is 34.6 Å². The lowest BCUT2D eigenvalue weighted by atomic mass is 10.2. The third-order valence-corrected chi connectivity index (χ3v) is 1.36. The molecule has 0 bridgehead atoms. The Morgan fingerprint density at radius 3 is 1.55 bits per heavy atom. The van der Waals surface area contributed by atoms with Crippen LogP contribution in [0.5, 0.6) is 0 Å². The van der Waals surface area contributed by atoms with Gasteiger partial charge in [-0.2, -0.15) is 0 Å². The van der Waals surface area contributed by atoms with Gasteiger partial charge in [-0.05, 0) is 40.7 Å². The van der Waals surface area contributed by atoms with Crippen LogP contribution in [0.1, 0.15) is 34.6 Å². The van der Waals surface area contributed by atoms with Crippen LogP contribution in [0.4, 0.5) is 0 Å². The molecule has 0 rings (SSSR count). The predicted octanol–water partition coefficient (Wildman–Crippen LogP) is 2.47. The standard InChI is InChI=1S/C7H12O2.C6H11NO.C3H4O2/c1-5-6(8)9-7(2,3)4;1-4-6(8)7-5(2)3;1-2-3(4)5/h5H,1H2,2-4H3;4-5H,1H2,2-3H3,(H,7,8);2H,1H2,(H,4,5). The van der Waals surface area contributed by atoms with Crippen molar-refractivity contribution in [3.05, 3.63) is 38.0 Å². The Kier molecular flexibility index (Phi) is 15.2. The summed E-state index contributed by atoms with van der Waals surface area (Å²) in [6.45, 7) is 18.8. The molecule has 0 heterocycles. The fourth-order valence-corrected chi connectivity index (χ4v) is 0.687. The van der Waals surface area contributed by atoms with Crippen molar-refractivity contribution in [1.29, 1.82) is 0 Å². The number of amides is 1. The molecule has 0 saturated heterocycles. The van der Waals surface area contributed by atoms with Gasteiger partial charge in [0.2, 0.25) is 5.91 Å². The van der Waals surface area contributed by atoms with Crippen molar-refractivity contribution in [3.63, 3.8) is 0 Å². The van der Waals surface area contributed by atoms with Crippen LogP contribution in [0.3, 0.4) is 0 Å². The van der Waals surface area contributed by atoms with E-state index in [0.717, 1.165) is 12.2 Å². The van der Waals surface area contributed by atoms with Gasteiger partial charge in [-0.1, -0.05) is 19.7 Å². The third-order valence-electron chi connectivity index (χ3n) is 1.36. The molecule has 2 N–H and O–H groups in total. The highest BCUT2D eigenvalue weighted by atomic mass is 16.6. The normalized spacial score (nSPS) is 9.00. The molecule has 0 spiro atoms. The summed E-state index contributed by atoms with van der Waals surface area (Å²) < 4.78 is 4.83. The van der Waals surface area contributed by atoms with Crippen molar-refractivity contribution in [1.82, 2.24) is 5.32 Å². The number of esters is 1. The molecule has 22 heavy (non-hydrogen) atoms. The van der Waals surface area contributed by atoms with E-state index in [0.29, 0.717) is 0 Å². The second-order valence-electron chi connectivity index (χ2n) is 5.15. The molecule has 0 atom stereocenters. The summed E-state index contributed by atoms with van der Waals surface area (Å²) >= 11 is 0. The van der Waals surface area contributed by atoms with Gasteiger partial charge in [-0.25, -0.2) is 9.59 Å². The van der Waals surface area contributed by atoms with Crippen molar-refractivity contribution in [3.8, 4) is 0 Å². The summed E-state index contributed by atoms with van der Waals surface area (Å²) in [5, 5.41) is 10.2. The van der Waals surface area contributed by atoms with Crippen molar-refractivity contribution in [2.24, 2.45) is 0 Å². The lowest BCUT2D eigenvalue weighted by Crippen LogP contribution is -2.27. The number of carboxylic acid groups (broad SMARTS) is 1. The number of carbonyl (C=O) groups excluding carboxylic acids is 2. The Bertz CT molecular complexity index is 392. The molecule has 6 nitrogen and oxygen atoms in total. The molecule has 126 valence electrons. The third kappa shape index (κ3) is 30.6. The number of ether oxygens (including phenoxy) is 1. The zero-order valence-corrected chi connectivity index (χ0v) is 14.0. The first kappa shape index (κ1) is 24.6. The van der Waals surface area contributed by atoms with Crippen LogP contribution >= 0.6 is 0 Å². The minimum Gasteiger partial charge on any atom is -0.478 e. The van der Waals surface area contributed by atoms with Crippen LogP contribution in [0, 0.1) is 0 Å². The highest BCUT2D eigenvalue weighted by molar-refractivity contribution is 5.86. The quantitative estimate of drug-likeness (QED) is 0.614. The van der Waals surface area contributed by atoms with Gasteiger partial charge in [0.15, 0.2) is 0 Å². The van der Waals surface area contributed by atoms with Crippen LogP contribution in [0.25, 0.3) is 0 Å². The Hall–Kier alpha value is -2.37. The van der Waals surface area contributed by atoms with E-state index in [4.69, 9.17) is 9.84 Å². The smallest absolute Gasteiger partial charge is 0.330 e. The topological polar surface area (TPSA) is 92.7 Å². The van der Waals surface area contributed by atoms with E-state index >= 15 is 0 Å². The van der Waals surface area contributed by atoms with E-state index in [2.05, 4.69) is 25.1 Å². The van der Waals surface area contributed by atoms with Gasteiger partial charge >= 0.3 is 11.9 Å². The predicted molar refractivity (Wildman–Crippen MR) is 87.4 cm³/mol. The first-order valence-electron chi connectivity index (χ1n) is 6.53. The van der Waals surface area contributed by atoms with E-state index in [1.54, 1.807) is 0 Å². The summed E-state index contributed by atoms with van der Waals surface area (Å²) in [6, 6.07) is 0.209. The number of aliphatic carboxylic acids is 1. The molecule has 0 aromatic rings. The fraction of sp³-hybridized carbons (Fsp3) is 0.438. The van der Waals surface area contributed by atoms with Crippen LogP contribution in [-0.2, 0) is 19.1 Å². The van der Waals surface area contributed by atoms with Gasteiger partial charge in [0.05, 0.1) is 0 Å². The Labute approximate surface area is 132 Å².